The Labute approximate surface area is 273 Å². The minimum atomic E-state index is -3.83. The molecule has 4 fully saturated rings. The zero-order chi connectivity index (χ0) is 32.5. The number of carbonyl (C=O) groups excluding carboxylic acids is 4. The first-order chi connectivity index (χ1) is 22.6. The molecule has 3 aliphatic heterocycles. The molecule has 47 heavy (non-hydrogen) atoms. The Morgan fingerprint density at radius 1 is 0.979 bits per heavy atom. The summed E-state index contributed by atoms with van der Waals surface area (Å²) in [5.74, 6) is -1.99. The number of carbonyl (C=O) groups is 4. The lowest BCUT2D eigenvalue weighted by Crippen LogP contribution is -2.54. The molecule has 0 spiro atoms. The summed E-state index contributed by atoms with van der Waals surface area (Å²) < 4.78 is 44.5. The third kappa shape index (κ3) is 5.82. The summed E-state index contributed by atoms with van der Waals surface area (Å²) >= 11 is 0. The molecule has 5 atom stereocenters. The molecular formula is C33H40N4O9S. The van der Waals surface area contributed by atoms with Gasteiger partial charge in [0.25, 0.3) is 5.91 Å². The summed E-state index contributed by atoms with van der Waals surface area (Å²) in [4.78, 5) is 58.6. The van der Waals surface area contributed by atoms with Crippen LogP contribution in [0.4, 0.5) is 4.79 Å². The van der Waals surface area contributed by atoms with Gasteiger partial charge in [0.15, 0.2) is 11.5 Å². The molecule has 13 nitrogen and oxygen atoms in total. The maximum Gasteiger partial charge on any atom is 0.410 e. The zero-order valence-corrected chi connectivity index (χ0v) is 27.0. The van der Waals surface area contributed by atoms with Crippen LogP contribution in [0.25, 0.3) is 0 Å². The van der Waals surface area contributed by atoms with E-state index in [0.29, 0.717) is 44.0 Å². The van der Waals surface area contributed by atoms with E-state index in [1.165, 1.54) is 0 Å². The number of hydrogen-bond acceptors (Lipinski definition) is 9. The Morgan fingerprint density at radius 3 is 2.36 bits per heavy atom. The highest BCUT2D eigenvalue weighted by molar-refractivity contribution is 7.91. The van der Waals surface area contributed by atoms with Crippen molar-refractivity contribution in [2.24, 2.45) is 17.8 Å². The van der Waals surface area contributed by atoms with E-state index < -0.39 is 56.7 Å². The molecule has 0 saturated heterocycles. The third-order valence-corrected chi connectivity index (χ3v) is 12.6. The van der Waals surface area contributed by atoms with Gasteiger partial charge in [-0.15, -0.1) is 0 Å². The summed E-state index contributed by atoms with van der Waals surface area (Å²) in [5, 5.41) is 2.32. The first-order valence-corrected chi connectivity index (χ1v) is 18.4. The first kappa shape index (κ1) is 30.5. The van der Waals surface area contributed by atoms with Gasteiger partial charge in [-0.25, -0.2) is 13.2 Å². The van der Waals surface area contributed by atoms with Gasteiger partial charge in [-0.05, 0) is 87.5 Å². The van der Waals surface area contributed by atoms with Crippen molar-refractivity contribution >= 4 is 33.8 Å². The molecular weight excluding hydrogens is 628 g/mol. The van der Waals surface area contributed by atoms with Gasteiger partial charge in [0.05, 0.1) is 17.1 Å². The van der Waals surface area contributed by atoms with Gasteiger partial charge in [0, 0.05) is 31.6 Å². The third-order valence-electron chi connectivity index (χ3n) is 10.7. The molecule has 1 aromatic carbocycles. The molecule has 0 bridgehead atoms. The van der Waals surface area contributed by atoms with Crippen LogP contribution in [0.1, 0.15) is 75.3 Å². The second-order valence-electron chi connectivity index (χ2n) is 14.2. The van der Waals surface area contributed by atoms with E-state index in [4.69, 9.17) is 14.2 Å². The van der Waals surface area contributed by atoms with Crippen LogP contribution in [0, 0.1) is 17.8 Å². The van der Waals surface area contributed by atoms with Gasteiger partial charge in [-0.2, -0.15) is 0 Å². The number of sulfonamides is 1. The minimum Gasteiger partial charge on any atom is -0.454 e. The fourth-order valence-electron chi connectivity index (χ4n) is 7.64. The Balaban J connectivity index is 1.01. The van der Waals surface area contributed by atoms with Gasteiger partial charge in [0.1, 0.15) is 11.6 Å². The van der Waals surface area contributed by atoms with Crippen molar-refractivity contribution in [3.63, 3.8) is 0 Å². The summed E-state index contributed by atoms with van der Waals surface area (Å²) in [6, 6.07) is 3.90. The van der Waals surface area contributed by atoms with Crippen LogP contribution in [0.3, 0.4) is 0 Å². The van der Waals surface area contributed by atoms with E-state index in [1.807, 2.05) is 29.2 Å². The number of allylic oxidation sites excluding steroid dienone is 1. The van der Waals surface area contributed by atoms with E-state index in [9.17, 15) is 27.6 Å². The largest absolute Gasteiger partial charge is 0.454 e. The molecule has 252 valence electrons. The fourth-order valence-corrected chi connectivity index (χ4v) is 9.00. The number of fused-ring (bicyclic) bond motifs is 4. The van der Waals surface area contributed by atoms with Crippen molar-refractivity contribution in [2.45, 2.75) is 100 Å². The highest BCUT2D eigenvalue weighted by Crippen LogP contribution is 2.47. The zero-order valence-electron chi connectivity index (χ0n) is 26.1. The van der Waals surface area contributed by atoms with Crippen molar-refractivity contribution in [3.8, 4) is 11.5 Å². The molecule has 1 unspecified atom stereocenters. The molecule has 4 amide bonds. The number of nitrogens with one attached hydrogen (secondary N) is 2. The highest BCUT2D eigenvalue weighted by atomic mass is 32.2. The van der Waals surface area contributed by atoms with Crippen LogP contribution in [0.2, 0.25) is 0 Å². The summed E-state index contributed by atoms with van der Waals surface area (Å²) in [6.07, 6.45) is 8.52. The Bertz CT molecular complexity index is 1620. The van der Waals surface area contributed by atoms with Gasteiger partial charge in [-0.1, -0.05) is 12.2 Å². The molecule has 14 heteroatoms. The van der Waals surface area contributed by atoms with Crippen LogP contribution in [0.5, 0.6) is 11.5 Å². The fraction of sp³-hybridized carbons (Fsp3) is 0.636. The van der Waals surface area contributed by atoms with Crippen LogP contribution >= 0.6 is 0 Å². The molecule has 1 aromatic rings. The number of hydrogen-bond donors (Lipinski definition) is 2. The van der Waals surface area contributed by atoms with Crippen LogP contribution < -0.4 is 19.5 Å². The predicted molar refractivity (Wildman–Crippen MR) is 165 cm³/mol. The van der Waals surface area contributed by atoms with Crippen molar-refractivity contribution in [1.29, 1.82) is 0 Å². The lowest BCUT2D eigenvalue weighted by atomic mass is 9.92. The molecule has 0 aromatic heterocycles. The van der Waals surface area contributed by atoms with E-state index in [-0.39, 0.29) is 43.9 Å². The normalized spacial score (nSPS) is 32.4. The van der Waals surface area contributed by atoms with E-state index >= 15 is 0 Å². The van der Waals surface area contributed by atoms with E-state index in [2.05, 4.69) is 10.0 Å². The lowest BCUT2D eigenvalue weighted by molar-refractivity contribution is -0.142. The molecule has 7 aliphatic rings. The highest BCUT2D eigenvalue weighted by Gasteiger charge is 2.62. The van der Waals surface area contributed by atoms with Gasteiger partial charge < -0.3 is 24.4 Å². The maximum absolute atomic E-state index is 14.1. The predicted octanol–water partition coefficient (Wildman–Crippen LogP) is 2.48. The second kappa shape index (κ2) is 11.4. The Kier molecular flexibility index (Phi) is 7.41. The number of nitrogens with zero attached hydrogens (tertiary/aromatic N) is 2. The molecule has 4 saturated carbocycles. The molecule has 8 rings (SSSR count). The van der Waals surface area contributed by atoms with Gasteiger partial charge >= 0.3 is 6.09 Å². The van der Waals surface area contributed by atoms with Crippen molar-refractivity contribution in [1.82, 2.24) is 19.8 Å². The minimum absolute atomic E-state index is 0.121. The monoisotopic (exact) mass is 668 g/mol. The number of benzene rings is 1. The first-order valence-electron chi connectivity index (χ1n) is 16.8. The molecule has 3 heterocycles. The summed E-state index contributed by atoms with van der Waals surface area (Å²) in [6.45, 7) is 1.46. The smallest absolute Gasteiger partial charge is 0.410 e. The Morgan fingerprint density at radius 2 is 1.68 bits per heavy atom. The van der Waals surface area contributed by atoms with Crippen molar-refractivity contribution in [2.75, 3.05) is 13.3 Å². The average Bonchev–Trinajstić information content (AvgIpc) is 3.99. The van der Waals surface area contributed by atoms with Gasteiger partial charge in [0.2, 0.25) is 28.6 Å². The maximum atomic E-state index is 14.1. The van der Waals surface area contributed by atoms with Crippen molar-refractivity contribution < 1.29 is 41.8 Å². The van der Waals surface area contributed by atoms with Gasteiger partial charge in [-0.3, -0.25) is 24.0 Å². The quantitative estimate of drug-likeness (QED) is 0.450. The number of amides is 4. The van der Waals surface area contributed by atoms with Crippen LogP contribution in [-0.4, -0.2) is 78.3 Å². The SMILES string of the molecule is O=C1N[C@]2(C(=O)NS(=O)(=O)C3CC3)C[C@H]2/C=C\CCCCN(C2CC2)C(=O)C2C[C@H](OC(=O)N3Cc4cc5c(cc4C3)OCO5)C[C@@H]12. The summed E-state index contributed by atoms with van der Waals surface area (Å²) in [5.41, 5.74) is 0.481. The van der Waals surface area contributed by atoms with Crippen LogP contribution in [0.15, 0.2) is 24.3 Å². The van der Waals surface area contributed by atoms with E-state index in [1.54, 1.807) is 4.90 Å². The average molecular weight is 669 g/mol. The number of rotatable bonds is 5. The standard InChI is InChI=1S/C33H40N4O9S/c38-29-25-13-23(46-32(41)36-16-19-11-27-28(45-18-44-27)12-20(19)17-36)14-26(25)30(39)37(22-6-7-22)10-4-2-1-3-5-21-15-33(21,34-29)31(40)35-47(42,43)24-8-9-24/h3,5,11-12,21-26H,1-2,4,6-10,13-18H2,(H,34,38)(H,35,40)/b5-3-/t21-,23-,25-,26?,33-/m1/s1. The summed E-state index contributed by atoms with van der Waals surface area (Å²) in [7, 11) is -3.83. The van der Waals surface area contributed by atoms with Crippen molar-refractivity contribution in [3.05, 3.63) is 35.4 Å². The second-order valence-corrected chi connectivity index (χ2v) is 16.1. The van der Waals surface area contributed by atoms with E-state index in [0.717, 1.165) is 43.2 Å². The van der Waals surface area contributed by atoms with Crippen LogP contribution in [-0.2, 0) is 42.2 Å². The molecule has 2 N–H and O–H groups in total. The lowest BCUT2D eigenvalue weighted by Gasteiger charge is -2.29. The molecule has 0 radical (unpaired) electrons. The molecule has 4 aliphatic carbocycles. The number of ether oxygens (including phenoxy) is 3. The Hall–Kier alpha value is -3.81. The topological polar surface area (TPSA) is 161 Å².